The van der Waals surface area contributed by atoms with Crippen molar-refractivity contribution in [3.05, 3.63) is 65.9 Å². The van der Waals surface area contributed by atoms with Crippen molar-refractivity contribution in [1.29, 1.82) is 0 Å². The number of carbonyl (C=O) groups excluding carboxylic acids is 2. The monoisotopic (exact) mass is 624 g/mol. The number of amides is 1. The summed E-state index contributed by atoms with van der Waals surface area (Å²) in [5, 5.41) is 12.4. The summed E-state index contributed by atoms with van der Waals surface area (Å²) >= 11 is 0. The van der Waals surface area contributed by atoms with Gasteiger partial charge in [-0.1, -0.05) is 29.8 Å². The van der Waals surface area contributed by atoms with E-state index in [1.165, 1.54) is 31.0 Å². The fourth-order valence-electron chi connectivity index (χ4n) is 3.89. The Balaban J connectivity index is 1.39. The summed E-state index contributed by atoms with van der Waals surface area (Å²) in [4.78, 5) is 27.6. The van der Waals surface area contributed by atoms with Crippen molar-refractivity contribution in [3.8, 4) is 16.9 Å². The highest BCUT2D eigenvalue weighted by Crippen LogP contribution is 2.33. The lowest BCUT2D eigenvalue weighted by atomic mass is 10.1. The molecule has 13 nitrogen and oxygen atoms in total. The third kappa shape index (κ3) is 8.00. The van der Waals surface area contributed by atoms with Crippen LogP contribution in [-0.2, 0) is 35.3 Å². The molecule has 0 bridgehead atoms. The Hall–Kier alpha value is -4.67. The molecule has 43 heavy (non-hydrogen) atoms. The van der Waals surface area contributed by atoms with E-state index in [1.54, 1.807) is 29.0 Å². The minimum absolute atomic E-state index is 0.152. The van der Waals surface area contributed by atoms with Gasteiger partial charge < -0.3 is 14.3 Å². The molecule has 230 valence electrons. The van der Waals surface area contributed by atoms with E-state index >= 15 is 0 Å². The lowest BCUT2D eigenvalue weighted by Gasteiger charge is -2.36. The number of esters is 1. The van der Waals surface area contributed by atoms with Crippen LogP contribution < -0.4 is 4.72 Å². The van der Waals surface area contributed by atoms with Gasteiger partial charge in [-0.25, -0.2) is 22.6 Å². The van der Waals surface area contributed by atoms with Crippen molar-refractivity contribution in [3.63, 3.8) is 0 Å². The molecule has 1 aromatic heterocycles. The second-order valence-electron chi connectivity index (χ2n) is 9.45. The highest BCUT2D eigenvalue weighted by atomic mass is 32.2. The summed E-state index contributed by atoms with van der Waals surface area (Å²) in [5.74, 6) is -0.556. The number of aromatic nitrogens is 2. The molecule has 0 saturated carbocycles. The van der Waals surface area contributed by atoms with E-state index in [0.29, 0.717) is 18.5 Å². The van der Waals surface area contributed by atoms with Crippen molar-refractivity contribution in [2.24, 2.45) is 10.5 Å². The van der Waals surface area contributed by atoms with Crippen LogP contribution in [0.1, 0.15) is 31.5 Å². The van der Waals surface area contributed by atoms with Crippen molar-refractivity contribution in [2.75, 3.05) is 13.2 Å². The summed E-state index contributed by atoms with van der Waals surface area (Å²) < 4.78 is 78.5. The smallest absolute Gasteiger partial charge is 0.435 e. The lowest BCUT2D eigenvalue weighted by molar-refractivity contribution is -0.176. The first-order chi connectivity index (χ1) is 20.2. The predicted molar refractivity (Wildman–Crippen MR) is 143 cm³/mol. The molecule has 3 aromatic rings. The van der Waals surface area contributed by atoms with E-state index in [2.05, 4.69) is 15.6 Å². The van der Waals surface area contributed by atoms with Crippen molar-refractivity contribution in [2.45, 2.75) is 50.6 Å². The van der Waals surface area contributed by atoms with Crippen LogP contribution in [0.2, 0.25) is 0 Å². The first-order valence-electron chi connectivity index (χ1n) is 12.8. The van der Waals surface area contributed by atoms with Crippen LogP contribution in [0.25, 0.3) is 16.9 Å². The van der Waals surface area contributed by atoms with E-state index in [4.69, 9.17) is 14.3 Å². The van der Waals surface area contributed by atoms with Gasteiger partial charge in [0.2, 0.25) is 0 Å². The number of nitrogens with one attached hydrogen (secondary N) is 1. The normalized spacial score (nSPS) is 16.0. The first-order valence-corrected chi connectivity index (χ1v) is 14.3. The molecule has 17 heteroatoms. The molecule has 1 saturated heterocycles. The van der Waals surface area contributed by atoms with Gasteiger partial charge in [0, 0.05) is 31.2 Å². The average molecular weight is 625 g/mol. The van der Waals surface area contributed by atoms with Crippen molar-refractivity contribution >= 4 is 22.1 Å². The summed E-state index contributed by atoms with van der Waals surface area (Å²) in [6.07, 6.45) is -6.31. The SMILES string of the molecule is CC(=O)OC(C)ON=NN1CC[C@H]1COC(=O)NS(=O)(=O)c1ccc(-n2nc(C(F)(F)F)cc2-c2ccc(C)cc2)cc1. The Kier molecular flexibility index (Phi) is 9.22. The molecule has 1 N–H and O–H groups in total. The van der Waals surface area contributed by atoms with Crippen LogP contribution in [0.5, 0.6) is 0 Å². The molecule has 0 aliphatic carbocycles. The Bertz CT molecular complexity index is 1590. The highest BCUT2D eigenvalue weighted by Gasteiger charge is 2.35. The zero-order valence-electron chi connectivity index (χ0n) is 23.1. The summed E-state index contributed by atoms with van der Waals surface area (Å²) in [5.41, 5.74) is 0.599. The molecule has 1 fully saturated rings. The van der Waals surface area contributed by atoms with Gasteiger partial charge in [-0.15, -0.1) is 0 Å². The number of hydrogen-bond acceptors (Lipinski definition) is 10. The van der Waals surface area contributed by atoms with E-state index in [-0.39, 0.29) is 28.9 Å². The maximum atomic E-state index is 13.5. The molecule has 2 atom stereocenters. The Morgan fingerprint density at radius 2 is 1.81 bits per heavy atom. The van der Waals surface area contributed by atoms with Gasteiger partial charge >= 0.3 is 18.2 Å². The number of aryl methyl sites for hydroxylation is 1. The predicted octanol–water partition coefficient (Wildman–Crippen LogP) is 4.56. The van der Waals surface area contributed by atoms with Gasteiger partial charge in [0.1, 0.15) is 6.61 Å². The number of rotatable bonds is 10. The molecule has 4 rings (SSSR count). The molecular formula is C26H27F3N6O7S. The molecule has 2 heterocycles. The number of sulfonamides is 1. The van der Waals surface area contributed by atoms with Gasteiger partial charge in [-0.3, -0.25) is 9.80 Å². The highest BCUT2D eigenvalue weighted by molar-refractivity contribution is 7.90. The molecule has 2 aromatic carbocycles. The Labute approximate surface area is 244 Å². The van der Waals surface area contributed by atoms with Gasteiger partial charge in [-0.2, -0.15) is 18.3 Å². The molecule has 0 radical (unpaired) electrons. The molecule has 0 spiro atoms. The largest absolute Gasteiger partial charge is 0.447 e. The fourth-order valence-corrected chi connectivity index (χ4v) is 4.78. The van der Waals surface area contributed by atoms with Crippen LogP contribution in [0.3, 0.4) is 0 Å². The van der Waals surface area contributed by atoms with Crippen molar-refractivity contribution in [1.82, 2.24) is 19.5 Å². The third-order valence-corrected chi connectivity index (χ3v) is 7.48. The minimum Gasteiger partial charge on any atom is -0.447 e. The number of benzene rings is 2. The van der Waals surface area contributed by atoms with Crippen molar-refractivity contribution < 1.29 is 45.5 Å². The lowest BCUT2D eigenvalue weighted by Crippen LogP contribution is -2.47. The van der Waals surface area contributed by atoms with E-state index in [0.717, 1.165) is 28.4 Å². The van der Waals surface area contributed by atoms with E-state index in [9.17, 15) is 31.2 Å². The molecular weight excluding hydrogens is 597 g/mol. The number of hydrogen-bond donors (Lipinski definition) is 1. The molecule has 1 aliphatic rings. The Morgan fingerprint density at radius 3 is 2.40 bits per heavy atom. The topological polar surface area (TPSA) is 154 Å². The second kappa shape index (κ2) is 12.7. The third-order valence-electron chi connectivity index (χ3n) is 6.16. The van der Waals surface area contributed by atoms with E-state index < -0.39 is 40.2 Å². The number of alkyl halides is 3. The van der Waals surface area contributed by atoms with Crippen LogP contribution in [-0.4, -0.2) is 60.8 Å². The van der Waals surface area contributed by atoms with Gasteiger partial charge in [0.15, 0.2) is 5.69 Å². The standard InChI is InChI=1S/C26H27F3N6O7S/c1-16-4-6-19(7-5-16)23-14-24(26(27,28)29)30-35(23)20-8-10-22(11-9-20)43(38,39)31-25(37)40-15-21-12-13-34(21)32-33-42-18(3)41-17(2)36/h4-11,14,18,21H,12-13,15H2,1-3H3,(H,31,37)/t18?,21-/m0/s1. The number of carbonyl (C=O) groups is 2. The summed E-state index contributed by atoms with van der Waals surface area (Å²) in [6.45, 7) is 4.76. The van der Waals surface area contributed by atoms with Crippen LogP contribution in [0, 0.1) is 6.92 Å². The zero-order valence-corrected chi connectivity index (χ0v) is 23.9. The van der Waals surface area contributed by atoms with E-state index in [1.807, 2.05) is 6.92 Å². The van der Waals surface area contributed by atoms with Gasteiger partial charge in [0.25, 0.3) is 16.3 Å². The van der Waals surface area contributed by atoms with Gasteiger partial charge in [-0.05, 0) is 48.9 Å². The number of halogens is 3. The zero-order chi connectivity index (χ0) is 31.4. The molecule has 1 aliphatic heterocycles. The van der Waals surface area contributed by atoms with Crippen LogP contribution >= 0.6 is 0 Å². The summed E-state index contributed by atoms with van der Waals surface area (Å²) in [7, 11) is -4.38. The van der Waals surface area contributed by atoms with Crippen LogP contribution in [0.4, 0.5) is 18.0 Å². The summed E-state index contributed by atoms with van der Waals surface area (Å²) in [6, 6.07) is 12.1. The maximum absolute atomic E-state index is 13.5. The molecule has 1 unspecified atom stereocenters. The van der Waals surface area contributed by atoms with Crippen LogP contribution in [0.15, 0.2) is 70.0 Å². The average Bonchev–Trinajstić information content (AvgIpc) is 3.37. The fraction of sp³-hybridized carbons (Fsp3) is 0.346. The number of ether oxygens (including phenoxy) is 2. The Morgan fingerprint density at radius 1 is 1.14 bits per heavy atom. The maximum Gasteiger partial charge on any atom is 0.435 e. The number of nitrogens with zero attached hydrogens (tertiary/aromatic N) is 5. The second-order valence-corrected chi connectivity index (χ2v) is 11.1. The molecule has 1 amide bonds. The quantitative estimate of drug-likeness (QED) is 0.148. The first kappa shape index (κ1) is 31.3. The van der Waals surface area contributed by atoms with Gasteiger partial charge in [0.05, 0.1) is 22.3 Å². The minimum atomic E-state index is -4.70.